The Bertz CT molecular complexity index is 799. The van der Waals surface area contributed by atoms with Gasteiger partial charge in [-0.05, 0) is 35.9 Å². The van der Waals surface area contributed by atoms with E-state index in [2.05, 4.69) is 27.3 Å². The summed E-state index contributed by atoms with van der Waals surface area (Å²) >= 11 is 3.48. The van der Waals surface area contributed by atoms with Crippen LogP contribution in [0.3, 0.4) is 0 Å². The zero-order valence-electron chi connectivity index (χ0n) is 15.7. The molecule has 0 aliphatic heterocycles. The Morgan fingerprint density at radius 2 is 1.43 bits per heavy atom. The highest BCUT2D eigenvalue weighted by Gasteiger charge is 2.06. The first-order chi connectivity index (χ1) is 13.3. The van der Waals surface area contributed by atoms with Crippen LogP contribution >= 0.6 is 15.9 Å². The number of aliphatic carboxylic acids is 2. The van der Waals surface area contributed by atoms with Crippen molar-refractivity contribution in [1.29, 1.82) is 0 Å². The lowest BCUT2D eigenvalue weighted by Gasteiger charge is -2.12. The van der Waals surface area contributed by atoms with Crippen LogP contribution in [0.2, 0.25) is 0 Å². The topological polar surface area (TPSA) is 114 Å². The van der Waals surface area contributed by atoms with Crippen molar-refractivity contribution in [3.05, 3.63) is 52.0 Å². The molecule has 0 saturated carbocycles. The molecule has 0 unspecified atom stereocenters. The number of carboxylic acid groups (broad SMARTS) is 2. The van der Waals surface area contributed by atoms with E-state index in [0.29, 0.717) is 0 Å². The van der Waals surface area contributed by atoms with E-state index in [1.165, 1.54) is 0 Å². The summed E-state index contributed by atoms with van der Waals surface area (Å²) in [4.78, 5) is 18.2. The van der Waals surface area contributed by atoms with Gasteiger partial charge in [0.25, 0.3) is 0 Å². The summed E-state index contributed by atoms with van der Waals surface area (Å²) in [6.45, 7) is 1.45. The van der Waals surface area contributed by atoms with Crippen LogP contribution in [0.5, 0.6) is 17.2 Å². The van der Waals surface area contributed by atoms with Crippen molar-refractivity contribution in [2.24, 2.45) is 0 Å². The van der Waals surface area contributed by atoms with Gasteiger partial charge in [-0.3, -0.25) is 0 Å². The molecule has 152 valence electrons. The summed E-state index contributed by atoms with van der Waals surface area (Å²) in [5.41, 5.74) is 2.24. The summed E-state index contributed by atoms with van der Waals surface area (Å²) in [6.07, 6.45) is 0. The van der Waals surface area contributed by atoms with E-state index in [1.807, 2.05) is 30.3 Å². The number of hydrogen-bond donors (Lipinski definition) is 3. The van der Waals surface area contributed by atoms with E-state index in [1.54, 1.807) is 21.3 Å². The van der Waals surface area contributed by atoms with Crippen molar-refractivity contribution in [3.8, 4) is 17.2 Å². The Kier molecular flexibility index (Phi) is 9.83. The van der Waals surface area contributed by atoms with Crippen LogP contribution in [-0.4, -0.2) is 43.5 Å². The van der Waals surface area contributed by atoms with E-state index in [-0.39, 0.29) is 0 Å². The Balaban J connectivity index is 0.000000568. The first-order valence-corrected chi connectivity index (χ1v) is 8.81. The fourth-order valence-electron chi connectivity index (χ4n) is 2.22. The average Bonchev–Trinajstić information content (AvgIpc) is 2.68. The lowest BCUT2D eigenvalue weighted by molar-refractivity contribution is -0.159. The van der Waals surface area contributed by atoms with Gasteiger partial charge in [-0.25, -0.2) is 9.59 Å². The van der Waals surface area contributed by atoms with Crippen LogP contribution in [0.25, 0.3) is 0 Å². The molecule has 2 rings (SSSR count). The minimum Gasteiger partial charge on any atom is -0.496 e. The maximum atomic E-state index is 9.10. The van der Waals surface area contributed by atoms with Crippen molar-refractivity contribution in [3.63, 3.8) is 0 Å². The molecule has 0 amide bonds. The minimum absolute atomic E-state index is 0.719. The van der Waals surface area contributed by atoms with Crippen LogP contribution in [0.4, 0.5) is 0 Å². The summed E-state index contributed by atoms with van der Waals surface area (Å²) in [5, 5.41) is 18.2. The van der Waals surface area contributed by atoms with Gasteiger partial charge < -0.3 is 29.7 Å². The number of rotatable bonds is 7. The van der Waals surface area contributed by atoms with Gasteiger partial charge in [-0.2, -0.15) is 0 Å². The maximum absolute atomic E-state index is 9.10. The molecular formula is C19H22BrNO7. The molecule has 0 saturated heterocycles. The van der Waals surface area contributed by atoms with Crippen molar-refractivity contribution in [1.82, 2.24) is 5.32 Å². The molecule has 0 aromatic heterocycles. The van der Waals surface area contributed by atoms with E-state index >= 15 is 0 Å². The number of methoxy groups -OCH3 is 3. The van der Waals surface area contributed by atoms with Crippen LogP contribution in [0, 0.1) is 0 Å². The van der Waals surface area contributed by atoms with Gasteiger partial charge in [0.2, 0.25) is 0 Å². The fraction of sp³-hybridized carbons (Fsp3) is 0.263. The summed E-state index contributed by atoms with van der Waals surface area (Å²) in [6, 6.07) is 11.9. The van der Waals surface area contributed by atoms with Crippen molar-refractivity contribution in [2.75, 3.05) is 21.3 Å². The SMILES string of the molecule is COc1ccc(Br)cc1CNCc1ccc(OC)c(OC)c1.O=C(O)C(=O)O. The largest absolute Gasteiger partial charge is 0.496 e. The molecule has 28 heavy (non-hydrogen) atoms. The lowest BCUT2D eigenvalue weighted by atomic mass is 10.1. The van der Waals surface area contributed by atoms with Crippen molar-refractivity contribution < 1.29 is 34.0 Å². The van der Waals surface area contributed by atoms with Crippen LogP contribution in [-0.2, 0) is 22.7 Å². The Morgan fingerprint density at radius 1 is 0.857 bits per heavy atom. The average molecular weight is 456 g/mol. The highest BCUT2D eigenvalue weighted by molar-refractivity contribution is 9.10. The third-order valence-electron chi connectivity index (χ3n) is 3.52. The smallest absolute Gasteiger partial charge is 0.414 e. The normalized spacial score (nSPS) is 9.71. The molecule has 0 atom stereocenters. The van der Waals surface area contributed by atoms with E-state index in [9.17, 15) is 0 Å². The van der Waals surface area contributed by atoms with Crippen molar-refractivity contribution >= 4 is 27.9 Å². The summed E-state index contributed by atoms with van der Waals surface area (Å²) in [7, 11) is 4.96. The maximum Gasteiger partial charge on any atom is 0.414 e. The van der Waals surface area contributed by atoms with Gasteiger partial charge in [0, 0.05) is 23.1 Å². The zero-order valence-corrected chi connectivity index (χ0v) is 17.3. The monoisotopic (exact) mass is 455 g/mol. The van der Waals surface area contributed by atoms with E-state index < -0.39 is 11.9 Å². The van der Waals surface area contributed by atoms with Crippen LogP contribution in [0.15, 0.2) is 40.9 Å². The Hall–Kier alpha value is -2.78. The summed E-state index contributed by atoms with van der Waals surface area (Å²) in [5.74, 6) is -1.30. The lowest BCUT2D eigenvalue weighted by Crippen LogP contribution is -2.13. The highest BCUT2D eigenvalue weighted by atomic mass is 79.9. The van der Waals surface area contributed by atoms with Gasteiger partial charge in [0.15, 0.2) is 11.5 Å². The second-order valence-corrected chi connectivity index (χ2v) is 6.28. The molecule has 2 aromatic rings. The third-order valence-corrected chi connectivity index (χ3v) is 4.01. The first kappa shape index (κ1) is 23.3. The first-order valence-electron chi connectivity index (χ1n) is 8.02. The number of carboxylic acids is 2. The third kappa shape index (κ3) is 7.45. The number of ether oxygens (including phenoxy) is 3. The van der Waals surface area contributed by atoms with Gasteiger partial charge in [0.1, 0.15) is 5.75 Å². The Morgan fingerprint density at radius 3 is 1.96 bits per heavy atom. The van der Waals surface area contributed by atoms with Gasteiger partial charge in [0.05, 0.1) is 21.3 Å². The van der Waals surface area contributed by atoms with E-state index in [4.69, 9.17) is 34.0 Å². The molecule has 0 spiro atoms. The molecule has 0 bridgehead atoms. The van der Waals surface area contributed by atoms with E-state index in [0.717, 1.165) is 45.9 Å². The molecule has 0 aliphatic carbocycles. The standard InChI is InChI=1S/C17H20BrNO3.C2H2O4/c1-20-15-7-5-14(18)9-13(15)11-19-10-12-4-6-16(21-2)17(8-12)22-3;3-1(4)2(5)6/h4-9,19H,10-11H2,1-3H3;(H,3,4)(H,5,6). The number of benzene rings is 2. The van der Waals surface area contributed by atoms with Crippen LogP contribution in [0.1, 0.15) is 11.1 Å². The quantitative estimate of drug-likeness (QED) is 0.545. The minimum atomic E-state index is -1.82. The molecule has 9 heteroatoms. The molecule has 3 N–H and O–H groups in total. The Labute approximate surface area is 171 Å². The molecule has 0 aliphatic rings. The van der Waals surface area contributed by atoms with Gasteiger partial charge in [-0.1, -0.05) is 22.0 Å². The second-order valence-electron chi connectivity index (χ2n) is 5.36. The van der Waals surface area contributed by atoms with Gasteiger partial charge >= 0.3 is 11.9 Å². The fourth-order valence-corrected chi connectivity index (χ4v) is 2.63. The van der Waals surface area contributed by atoms with Gasteiger partial charge in [-0.15, -0.1) is 0 Å². The molecular weight excluding hydrogens is 434 g/mol. The summed E-state index contributed by atoms with van der Waals surface area (Å²) < 4.78 is 17.0. The number of carbonyl (C=O) groups is 2. The number of hydrogen-bond acceptors (Lipinski definition) is 6. The number of halogens is 1. The predicted octanol–water partition coefficient (Wildman–Crippen LogP) is 2.92. The second kappa shape index (κ2) is 11.8. The predicted molar refractivity (Wildman–Crippen MR) is 106 cm³/mol. The highest BCUT2D eigenvalue weighted by Crippen LogP contribution is 2.27. The zero-order chi connectivity index (χ0) is 21.1. The molecule has 8 nitrogen and oxygen atoms in total. The molecule has 0 radical (unpaired) electrons. The van der Waals surface area contributed by atoms with Crippen molar-refractivity contribution in [2.45, 2.75) is 13.1 Å². The molecule has 0 heterocycles. The van der Waals surface area contributed by atoms with Crippen LogP contribution < -0.4 is 19.5 Å². The molecule has 2 aromatic carbocycles. The number of nitrogens with one attached hydrogen (secondary N) is 1. The molecule has 0 fully saturated rings.